The number of amides is 1. The first-order chi connectivity index (χ1) is 14.5. The van der Waals surface area contributed by atoms with Gasteiger partial charge in [-0.15, -0.1) is 12.8 Å². The number of nitrogens with one attached hydrogen (secondary N) is 2. The molecule has 2 aliphatic heterocycles. The molecule has 6 nitrogen and oxygen atoms in total. The lowest BCUT2D eigenvalue weighted by Crippen LogP contribution is -2.36. The second-order valence-electron chi connectivity index (χ2n) is 6.90. The third-order valence-electron chi connectivity index (χ3n) is 4.79. The molecule has 0 bridgehead atoms. The Labute approximate surface area is 188 Å². The quantitative estimate of drug-likeness (QED) is 0.677. The average molecular weight is 448 g/mol. The van der Waals surface area contributed by atoms with Crippen molar-refractivity contribution in [1.29, 1.82) is 0 Å². The molecule has 2 aliphatic rings. The van der Waals surface area contributed by atoms with Gasteiger partial charge in [0.15, 0.2) is 0 Å². The lowest BCUT2D eigenvalue weighted by Gasteiger charge is -2.32. The Morgan fingerprint density at radius 3 is 2.40 bits per heavy atom. The number of fused-ring (bicyclic) bond motifs is 1. The monoisotopic (exact) mass is 447 g/mol. The largest absolute Gasteiger partial charge is 0.344 e. The van der Waals surface area contributed by atoms with Crippen LogP contribution in [0.3, 0.4) is 0 Å². The van der Waals surface area contributed by atoms with Crippen molar-refractivity contribution in [3.63, 3.8) is 0 Å². The summed E-state index contributed by atoms with van der Waals surface area (Å²) in [5.74, 6) is 0.909. The third kappa shape index (κ3) is 4.99. The van der Waals surface area contributed by atoms with E-state index in [0.29, 0.717) is 15.6 Å². The highest BCUT2D eigenvalue weighted by atomic mass is 35.5. The molecule has 1 aromatic carbocycles. The number of benzene rings is 1. The van der Waals surface area contributed by atoms with E-state index in [4.69, 9.17) is 23.2 Å². The number of hydrogen-bond acceptors (Lipinski definition) is 4. The van der Waals surface area contributed by atoms with Crippen molar-refractivity contribution in [3.05, 3.63) is 57.3 Å². The van der Waals surface area contributed by atoms with Crippen LogP contribution in [0.15, 0.2) is 41.7 Å². The van der Waals surface area contributed by atoms with Gasteiger partial charge in [-0.3, -0.25) is 4.79 Å². The van der Waals surface area contributed by atoms with E-state index in [0.717, 1.165) is 43.0 Å². The fourth-order valence-electron chi connectivity index (χ4n) is 3.56. The van der Waals surface area contributed by atoms with Crippen LogP contribution in [0.25, 0.3) is 0 Å². The molecule has 1 unspecified atom stereocenters. The summed E-state index contributed by atoms with van der Waals surface area (Å²) in [7, 11) is 3.75. The molecule has 4 rings (SSSR count). The first kappa shape index (κ1) is 23.8. The minimum absolute atomic E-state index is 0.0553. The number of hydrogen-bond donors (Lipinski definition) is 2. The number of halogens is 2. The number of rotatable bonds is 2. The Kier molecular flexibility index (Phi) is 8.79. The molecule has 0 spiro atoms. The maximum Gasteiger partial charge on any atom is 0.254 e. The molecular weight excluding hydrogens is 421 g/mol. The van der Waals surface area contributed by atoms with Crippen LogP contribution in [0.2, 0.25) is 10.0 Å². The zero-order valence-electron chi connectivity index (χ0n) is 17.5. The van der Waals surface area contributed by atoms with Gasteiger partial charge >= 0.3 is 0 Å². The maximum absolute atomic E-state index is 13.2. The molecule has 1 fully saturated rings. The van der Waals surface area contributed by atoms with E-state index < -0.39 is 0 Å². The minimum Gasteiger partial charge on any atom is -0.344 e. The van der Waals surface area contributed by atoms with E-state index >= 15 is 0 Å². The van der Waals surface area contributed by atoms with Crippen LogP contribution in [0.4, 0.5) is 5.82 Å². The van der Waals surface area contributed by atoms with Gasteiger partial charge in [-0.2, -0.15) is 5.10 Å². The van der Waals surface area contributed by atoms with E-state index in [2.05, 4.69) is 28.6 Å². The zero-order valence-corrected chi connectivity index (χ0v) is 19.0. The second kappa shape index (κ2) is 11.1. The summed E-state index contributed by atoms with van der Waals surface area (Å²) in [6.07, 6.45) is 11.8. The normalized spacial score (nSPS) is 17.2. The molecule has 8 heteroatoms. The predicted molar refractivity (Wildman–Crippen MR) is 124 cm³/mol. The van der Waals surface area contributed by atoms with Crippen molar-refractivity contribution in [2.45, 2.75) is 25.8 Å². The summed E-state index contributed by atoms with van der Waals surface area (Å²) in [5.41, 5.74) is 2.44. The third-order valence-corrected chi connectivity index (χ3v) is 5.53. The molecule has 0 saturated carbocycles. The molecule has 30 heavy (non-hydrogen) atoms. The fraction of sp³-hybridized carbons (Fsp3) is 0.364. The Morgan fingerprint density at radius 2 is 1.80 bits per heavy atom. The van der Waals surface area contributed by atoms with E-state index in [1.807, 2.05) is 48.8 Å². The summed E-state index contributed by atoms with van der Waals surface area (Å²) in [5, 5.41) is 11.4. The molecule has 160 valence electrons. The fourth-order valence-corrected chi connectivity index (χ4v) is 3.87. The number of carbonyl (C=O) groups excluding carboxylic acids is 1. The number of terminal acetylenes is 1. The van der Waals surface area contributed by atoms with Crippen molar-refractivity contribution in [2.24, 2.45) is 0 Å². The van der Waals surface area contributed by atoms with Crippen molar-refractivity contribution in [2.75, 3.05) is 32.5 Å². The number of anilines is 1. The van der Waals surface area contributed by atoms with Gasteiger partial charge in [-0.1, -0.05) is 29.3 Å². The first-order valence-electron chi connectivity index (χ1n) is 9.65. The molecule has 1 saturated heterocycles. The summed E-state index contributed by atoms with van der Waals surface area (Å²) >= 11 is 12.3. The zero-order chi connectivity index (χ0) is 22.3. The molecule has 1 amide bonds. The van der Waals surface area contributed by atoms with Crippen molar-refractivity contribution in [3.8, 4) is 12.8 Å². The van der Waals surface area contributed by atoms with Gasteiger partial charge in [-0.25, -0.2) is 4.68 Å². The van der Waals surface area contributed by atoms with Crippen LogP contribution in [0, 0.1) is 12.8 Å². The molecular formula is C22H27Cl2N5O. The molecule has 0 radical (unpaired) electrons. The summed E-state index contributed by atoms with van der Waals surface area (Å²) in [4.78, 5) is 15.1. The van der Waals surface area contributed by atoms with Crippen LogP contribution in [0.5, 0.6) is 0 Å². The summed E-state index contributed by atoms with van der Waals surface area (Å²) in [6.45, 7) is 3.54. The van der Waals surface area contributed by atoms with Crippen molar-refractivity contribution in [1.82, 2.24) is 20.0 Å². The Balaban J connectivity index is 0.000000590. The van der Waals surface area contributed by atoms with Crippen LogP contribution in [-0.2, 0) is 4.79 Å². The van der Waals surface area contributed by atoms with Gasteiger partial charge in [0.2, 0.25) is 0 Å². The van der Waals surface area contributed by atoms with Gasteiger partial charge < -0.3 is 15.5 Å². The summed E-state index contributed by atoms with van der Waals surface area (Å²) < 4.78 is 1.83. The van der Waals surface area contributed by atoms with Gasteiger partial charge in [0.25, 0.3) is 5.91 Å². The highest BCUT2D eigenvalue weighted by Gasteiger charge is 2.35. The van der Waals surface area contributed by atoms with Gasteiger partial charge in [-0.05, 0) is 51.6 Å². The predicted octanol–water partition coefficient (Wildman–Crippen LogP) is 4.19. The molecule has 2 aromatic rings. The van der Waals surface area contributed by atoms with E-state index in [-0.39, 0.29) is 11.9 Å². The number of aromatic nitrogens is 2. The molecule has 1 aromatic heterocycles. The van der Waals surface area contributed by atoms with E-state index in [1.165, 1.54) is 0 Å². The minimum atomic E-state index is -0.325. The number of allylic oxidation sites excluding steroid dienone is 1. The number of carbonyl (C=O) groups is 1. The van der Waals surface area contributed by atoms with Gasteiger partial charge in [0, 0.05) is 24.9 Å². The lowest BCUT2D eigenvalue weighted by molar-refractivity contribution is -0.126. The van der Waals surface area contributed by atoms with Crippen LogP contribution < -0.4 is 10.6 Å². The summed E-state index contributed by atoms with van der Waals surface area (Å²) in [6, 6.07) is 7.05. The highest BCUT2D eigenvalue weighted by Crippen LogP contribution is 2.38. The average Bonchev–Trinajstić information content (AvgIpc) is 3.43. The molecule has 0 aliphatic carbocycles. The SMILES string of the molecule is C#C.CC1=C(C(=O)N2CCCC2)C(c2ccc(Cl)c(Cl)c2)n2nccc2N1.CNC. The van der Waals surface area contributed by atoms with Crippen LogP contribution in [0.1, 0.15) is 31.4 Å². The van der Waals surface area contributed by atoms with Crippen LogP contribution >= 0.6 is 23.2 Å². The van der Waals surface area contributed by atoms with E-state index in [1.54, 1.807) is 12.3 Å². The number of likely N-dealkylation sites (tertiary alicyclic amines) is 1. The molecule has 1 atom stereocenters. The van der Waals surface area contributed by atoms with Gasteiger partial charge in [0.1, 0.15) is 11.9 Å². The highest BCUT2D eigenvalue weighted by molar-refractivity contribution is 6.42. The molecule has 2 N–H and O–H groups in total. The Bertz CT molecular complexity index is 929. The van der Waals surface area contributed by atoms with Gasteiger partial charge in [0.05, 0.1) is 21.8 Å². The first-order valence-corrected chi connectivity index (χ1v) is 10.4. The standard InChI is InChI=1S/C18H18Cl2N4O.C2H7N.C2H2/c1-11-16(18(25)23-8-2-3-9-23)17(24-15(22-11)6-7-21-24)12-4-5-13(19)14(20)10-12;1-3-2;1-2/h4-7,10,17,22H,2-3,8-9H2,1H3;3H,1-2H3;1-2H. The topological polar surface area (TPSA) is 62.2 Å². The Hall–Kier alpha value is -2.46. The maximum atomic E-state index is 13.2. The number of nitrogens with zero attached hydrogens (tertiary/aromatic N) is 3. The lowest BCUT2D eigenvalue weighted by atomic mass is 9.94. The Morgan fingerprint density at radius 1 is 1.17 bits per heavy atom. The van der Waals surface area contributed by atoms with E-state index in [9.17, 15) is 4.79 Å². The van der Waals surface area contributed by atoms with Crippen molar-refractivity contribution >= 4 is 34.9 Å². The smallest absolute Gasteiger partial charge is 0.254 e. The molecule has 3 heterocycles. The second-order valence-corrected chi connectivity index (χ2v) is 7.71. The van der Waals surface area contributed by atoms with Crippen molar-refractivity contribution < 1.29 is 4.79 Å². The van der Waals surface area contributed by atoms with Crippen LogP contribution in [-0.4, -0.2) is 47.8 Å².